The Morgan fingerprint density at radius 1 is 1.22 bits per heavy atom. The van der Waals surface area contributed by atoms with E-state index in [4.69, 9.17) is 10.5 Å². The molecule has 1 aromatic rings. The molecule has 3 heteroatoms. The Hall–Kier alpha value is -1.22. The SMILES string of the molecule is COc1ccc(CN)c(N(CC(C)C)C(C)C)c1. The second-order valence-corrected chi connectivity index (χ2v) is 5.34. The van der Waals surface area contributed by atoms with Gasteiger partial charge in [0, 0.05) is 30.9 Å². The van der Waals surface area contributed by atoms with Gasteiger partial charge in [0.05, 0.1) is 7.11 Å². The zero-order valence-electron chi connectivity index (χ0n) is 12.2. The van der Waals surface area contributed by atoms with Crippen molar-refractivity contribution in [1.82, 2.24) is 0 Å². The minimum absolute atomic E-state index is 0.449. The molecule has 102 valence electrons. The molecule has 1 aromatic carbocycles. The second-order valence-electron chi connectivity index (χ2n) is 5.34. The van der Waals surface area contributed by atoms with E-state index in [9.17, 15) is 0 Å². The molecule has 0 aliphatic carbocycles. The Morgan fingerprint density at radius 3 is 2.33 bits per heavy atom. The maximum absolute atomic E-state index is 5.84. The van der Waals surface area contributed by atoms with Gasteiger partial charge in [-0.15, -0.1) is 0 Å². The largest absolute Gasteiger partial charge is 0.497 e. The van der Waals surface area contributed by atoms with Gasteiger partial charge in [-0.3, -0.25) is 0 Å². The molecule has 0 aliphatic rings. The van der Waals surface area contributed by atoms with E-state index in [0.717, 1.165) is 12.3 Å². The van der Waals surface area contributed by atoms with Crippen LogP contribution in [0.5, 0.6) is 5.75 Å². The van der Waals surface area contributed by atoms with E-state index in [1.807, 2.05) is 6.07 Å². The smallest absolute Gasteiger partial charge is 0.120 e. The summed E-state index contributed by atoms with van der Waals surface area (Å²) < 4.78 is 5.32. The predicted octanol–water partition coefficient (Wildman–Crippen LogP) is 3.02. The van der Waals surface area contributed by atoms with Gasteiger partial charge in [-0.25, -0.2) is 0 Å². The number of rotatable bonds is 6. The molecule has 1 rings (SSSR count). The minimum atomic E-state index is 0.449. The van der Waals surface area contributed by atoms with E-state index in [1.54, 1.807) is 7.11 Å². The molecule has 0 heterocycles. The van der Waals surface area contributed by atoms with Crippen molar-refractivity contribution in [2.75, 3.05) is 18.6 Å². The van der Waals surface area contributed by atoms with Crippen LogP contribution in [0.1, 0.15) is 33.3 Å². The van der Waals surface area contributed by atoms with E-state index in [0.29, 0.717) is 18.5 Å². The first-order valence-electron chi connectivity index (χ1n) is 6.63. The number of anilines is 1. The van der Waals surface area contributed by atoms with Crippen LogP contribution in [0.15, 0.2) is 18.2 Å². The van der Waals surface area contributed by atoms with Crippen LogP contribution in [-0.2, 0) is 6.54 Å². The number of hydrogen-bond donors (Lipinski definition) is 1. The number of nitrogens with two attached hydrogens (primary N) is 1. The van der Waals surface area contributed by atoms with Crippen LogP contribution in [0.4, 0.5) is 5.69 Å². The van der Waals surface area contributed by atoms with E-state index in [-0.39, 0.29) is 0 Å². The molecule has 0 radical (unpaired) electrons. The Labute approximate surface area is 111 Å². The zero-order valence-corrected chi connectivity index (χ0v) is 12.2. The fourth-order valence-electron chi connectivity index (χ4n) is 2.09. The number of nitrogens with zero attached hydrogens (tertiary/aromatic N) is 1. The summed E-state index contributed by atoms with van der Waals surface area (Å²) in [6, 6.07) is 6.57. The lowest BCUT2D eigenvalue weighted by atomic mass is 10.1. The highest BCUT2D eigenvalue weighted by molar-refractivity contribution is 5.58. The molecule has 0 saturated heterocycles. The molecule has 0 amide bonds. The molecule has 0 unspecified atom stereocenters. The minimum Gasteiger partial charge on any atom is -0.497 e. The lowest BCUT2D eigenvalue weighted by Crippen LogP contribution is -2.35. The summed E-state index contributed by atoms with van der Waals surface area (Å²) in [7, 11) is 1.70. The third-order valence-corrected chi connectivity index (χ3v) is 3.01. The summed E-state index contributed by atoms with van der Waals surface area (Å²) in [6.07, 6.45) is 0. The molecular weight excluding hydrogens is 224 g/mol. The second kappa shape index (κ2) is 6.64. The predicted molar refractivity (Wildman–Crippen MR) is 78.2 cm³/mol. The quantitative estimate of drug-likeness (QED) is 0.843. The Morgan fingerprint density at radius 2 is 1.89 bits per heavy atom. The van der Waals surface area contributed by atoms with E-state index in [1.165, 1.54) is 11.3 Å². The molecule has 0 saturated carbocycles. The van der Waals surface area contributed by atoms with Crippen molar-refractivity contribution in [3.05, 3.63) is 23.8 Å². The van der Waals surface area contributed by atoms with Gasteiger partial charge in [0.2, 0.25) is 0 Å². The molecule has 0 aromatic heterocycles. The lowest BCUT2D eigenvalue weighted by Gasteiger charge is -2.32. The topological polar surface area (TPSA) is 38.5 Å². The number of methoxy groups -OCH3 is 1. The molecule has 0 fully saturated rings. The van der Waals surface area contributed by atoms with Gasteiger partial charge in [-0.05, 0) is 31.4 Å². The van der Waals surface area contributed by atoms with Crippen molar-refractivity contribution < 1.29 is 4.74 Å². The van der Waals surface area contributed by atoms with E-state index >= 15 is 0 Å². The van der Waals surface area contributed by atoms with Crippen molar-refractivity contribution in [3.8, 4) is 5.75 Å². The normalized spacial score (nSPS) is 11.1. The summed E-state index contributed by atoms with van der Waals surface area (Å²) >= 11 is 0. The van der Waals surface area contributed by atoms with Crippen molar-refractivity contribution in [3.63, 3.8) is 0 Å². The van der Waals surface area contributed by atoms with Crippen LogP contribution in [0.3, 0.4) is 0 Å². The van der Waals surface area contributed by atoms with Gasteiger partial charge in [0.25, 0.3) is 0 Å². The average Bonchev–Trinajstić information content (AvgIpc) is 2.34. The standard InChI is InChI=1S/C15H26N2O/c1-11(2)10-17(12(3)4)15-8-14(18-5)7-6-13(15)9-16/h6-8,11-12H,9-10,16H2,1-5H3. The van der Waals surface area contributed by atoms with Crippen molar-refractivity contribution in [2.24, 2.45) is 11.7 Å². The van der Waals surface area contributed by atoms with Crippen LogP contribution < -0.4 is 15.4 Å². The monoisotopic (exact) mass is 250 g/mol. The number of hydrogen-bond acceptors (Lipinski definition) is 3. The summed E-state index contributed by atoms with van der Waals surface area (Å²) in [4.78, 5) is 2.40. The number of ether oxygens (including phenoxy) is 1. The average molecular weight is 250 g/mol. The summed E-state index contributed by atoms with van der Waals surface area (Å²) in [5, 5.41) is 0. The lowest BCUT2D eigenvalue weighted by molar-refractivity contribution is 0.414. The Bertz CT molecular complexity index is 375. The highest BCUT2D eigenvalue weighted by Gasteiger charge is 2.16. The van der Waals surface area contributed by atoms with Crippen LogP contribution in [0.25, 0.3) is 0 Å². The van der Waals surface area contributed by atoms with Gasteiger partial charge in [0.15, 0.2) is 0 Å². The highest BCUT2D eigenvalue weighted by Crippen LogP contribution is 2.28. The van der Waals surface area contributed by atoms with Gasteiger partial charge in [-0.1, -0.05) is 19.9 Å². The molecule has 0 atom stereocenters. The molecule has 2 N–H and O–H groups in total. The molecule has 18 heavy (non-hydrogen) atoms. The molecule has 3 nitrogen and oxygen atoms in total. The van der Waals surface area contributed by atoms with Crippen LogP contribution in [0.2, 0.25) is 0 Å². The summed E-state index contributed by atoms with van der Waals surface area (Å²) in [6.45, 7) is 10.5. The molecular formula is C15H26N2O. The molecule has 0 aliphatic heterocycles. The third-order valence-electron chi connectivity index (χ3n) is 3.01. The maximum Gasteiger partial charge on any atom is 0.120 e. The fraction of sp³-hybridized carbons (Fsp3) is 0.600. The van der Waals surface area contributed by atoms with Gasteiger partial charge < -0.3 is 15.4 Å². The highest BCUT2D eigenvalue weighted by atomic mass is 16.5. The van der Waals surface area contributed by atoms with Gasteiger partial charge >= 0.3 is 0 Å². The van der Waals surface area contributed by atoms with Crippen molar-refractivity contribution in [1.29, 1.82) is 0 Å². The van der Waals surface area contributed by atoms with E-state index in [2.05, 4.69) is 44.7 Å². The fourth-order valence-corrected chi connectivity index (χ4v) is 2.09. The molecule has 0 spiro atoms. The zero-order chi connectivity index (χ0) is 13.7. The van der Waals surface area contributed by atoms with Crippen LogP contribution in [0, 0.1) is 5.92 Å². The molecule has 0 bridgehead atoms. The first-order chi connectivity index (χ1) is 8.49. The Kier molecular flexibility index (Phi) is 5.48. The van der Waals surface area contributed by atoms with Crippen LogP contribution in [-0.4, -0.2) is 19.7 Å². The number of benzene rings is 1. The third kappa shape index (κ3) is 3.64. The summed E-state index contributed by atoms with van der Waals surface area (Å²) in [5.74, 6) is 1.50. The van der Waals surface area contributed by atoms with Gasteiger partial charge in [0.1, 0.15) is 5.75 Å². The first-order valence-corrected chi connectivity index (χ1v) is 6.63. The van der Waals surface area contributed by atoms with Crippen molar-refractivity contribution >= 4 is 5.69 Å². The Balaban J connectivity index is 3.15. The van der Waals surface area contributed by atoms with E-state index < -0.39 is 0 Å². The van der Waals surface area contributed by atoms with Crippen LogP contribution >= 0.6 is 0 Å². The van der Waals surface area contributed by atoms with Gasteiger partial charge in [-0.2, -0.15) is 0 Å². The summed E-state index contributed by atoms with van der Waals surface area (Å²) in [5.41, 5.74) is 8.21. The first kappa shape index (κ1) is 14.8. The van der Waals surface area contributed by atoms with Crippen molar-refractivity contribution in [2.45, 2.75) is 40.3 Å². The maximum atomic E-state index is 5.84.